The molecule has 3 aromatic rings. The average Bonchev–Trinajstić information content (AvgIpc) is 3.05. The molecule has 0 saturated heterocycles. The van der Waals surface area contributed by atoms with Gasteiger partial charge in [0, 0.05) is 28.4 Å². The quantitative estimate of drug-likeness (QED) is 0.677. The summed E-state index contributed by atoms with van der Waals surface area (Å²) < 4.78 is 1.19. The molecule has 19 heavy (non-hydrogen) atoms. The van der Waals surface area contributed by atoms with E-state index >= 15 is 0 Å². The number of nitrogens with zero attached hydrogens (tertiary/aromatic N) is 2. The summed E-state index contributed by atoms with van der Waals surface area (Å²) in [6, 6.07) is 6.28. The van der Waals surface area contributed by atoms with Crippen LogP contribution < -0.4 is 10.4 Å². The summed E-state index contributed by atoms with van der Waals surface area (Å²) in [6.07, 6.45) is 11.2. The summed E-state index contributed by atoms with van der Waals surface area (Å²) in [4.78, 5) is 14.6. The predicted octanol–water partition coefficient (Wildman–Crippen LogP) is 1.39. The first-order chi connectivity index (χ1) is 9.31. The summed E-state index contributed by atoms with van der Waals surface area (Å²) >= 11 is 2.31. The summed E-state index contributed by atoms with van der Waals surface area (Å²) in [6.45, 7) is 0. The molecule has 2 heterocycles. The van der Waals surface area contributed by atoms with Crippen LogP contribution >= 0.6 is 22.6 Å². The van der Waals surface area contributed by atoms with E-state index in [1.54, 1.807) is 12.4 Å². The van der Waals surface area contributed by atoms with E-state index < -0.39 is 0 Å². The molecule has 0 unspecified atom stereocenters. The number of benzene rings is 1. The SMILES string of the molecule is Ic1ccc(=Cc2ncc[nH]2)c(=Cc2ncc[nH]2)c1. The van der Waals surface area contributed by atoms with Crippen molar-refractivity contribution in [2.45, 2.75) is 0 Å². The van der Waals surface area contributed by atoms with Gasteiger partial charge in [-0.05, 0) is 57.3 Å². The fraction of sp³-hybridized carbons (Fsp3) is 0. The smallest absolute Gasteiger partial charge is 0.130 e. The first-order valence-corrected chi connectivity index (χ1v) is 6.87. The number of aromatic nitrogens is 4. The Bertz CT molecular complexity index is 773. The van der Waals surface area contributed by atoms with Crippen LogP contribution in [-0.4, -0.2) is 19.9 Å². The minimum absolute atomic E-state index is 0.843. The number of hydrogen-bond acceptors (Lipinski definition) is 2. The van der Waals surface area contributed by atoms with E-state index in [4.69, 9.17) is 0 Å². The molecule has 2 N–H and O–H groups in total. The Hall–Kier alpha value is -1.89. The maximum Gasteiger partial charge on any atom is 0.130 e. The van der Waals surface area contributed by atoms with Crippen molar-refractivity contribution in [2.75, 3.05) is 0 Å². The zero-order valence-corrected chi connectivity index (χ0v) is 12.1. The zero-order valence-electron chi connectivity index (χ0n) is 9.97. The lowest BCUT2D eigenvalue weighted by Gasteiger charge is -1.94. The van der Waals surface area contributed by atoms with Crippen molar-refractivity contribution in [3.63, 3.8) is 0 Å². The van der Waals surface area contributed by atoms with Crippen molar-refractivity contribution in [1.82, 2.24) is 19.9 Å². The molecule has 0 saturated carbocycles. The van der Waals surface area contributed by atoms with E-state index in [0.717, 1.165) is 22.1 Å². The van der Waals surface area contributed by atoms with E-state index in [-0.39, 0.29) is 0 Å². The second kappa shape index (κ2) is 5.40. The van der Waals surface area contributed by atoms with Gasteiger partial charge in [0.15, 0.2) is 0 Å². The van der Waals surface area contributed by atoms with Crippen LogP contribution in [0, 0.1) is 3.57 Å². The second-order valence-corrected chi connectivity index (χ2v) is 5.26. The minimum Gasteiger partial charge on any atom is -0.345 e. The first-order valence-electron chi connectivity index (χ1n) is 5.79. The minimum atomic E-state index is 0.843. The largest absolute Gasteiger partial charge is 0.345 e. The van der Waals surface area contributed by atoms with Crippen molar-refractivity contribution in [3.05, 3.63) is 68.6 Å². The van der Waals surface area contributed by atoms with Gasteiger partial charge in [-0.1, -0.05) is 6.07 Å². The van der Waals surface area contributed by atoms with Gasteiger partial charge in [0.05, 0.1) is 0 Å². The molecule has 0 spiro atoms. The third-order valence-electron chi connectivity index (χ3n) is 2.67. The molecule has 4 nitrogen and oxygen atoms in total. The lowest BCUT2D eigenvalue weighted by atomic mass is 10.2. The van der Waals surface area contributed by atoms with Crippen LogP contribution in [0.2, 0.25) is 0 Å². The van der Waals surface area contributed by atoms with Gasteiger partial charge in [0.25, 0.3) is 0 Å². The molecule has 0 fully saturated rings. The fourth-order valence-electron chi connectivity index (χ4n) is 1.81. The Morgan fingerprint density at radius 2 is 1.53 bits per heavy atom. The molecule has 0 amide bonds. The molecule has 5 heteroatoms. The van der Waals surface area contributed by atoms with Crippen molar-refractivity contribution in [3.8, 4) is 0 Å². The first kappa shape index (κ1) is 12.2. The second-order valence-electron chi connectivity index (χ2n) is 4.01. The molecule has 0 radical (unpaired) electrons. The van der Waals surface area contributed by atoms with Gasteiger partial charge in [-0.3, -0.25) is 0 Å². The van der Waals surface area contributed by atoms with Gasteiger partial charge in [0.1, 0.15) is 11.6 Å². The summed E-state index contributed by atoms with van der Waals surface area (Å²) in [7, 11) is 0. The molecule has 0 atom stereocenters. The molecule has 94 valence electrons. The number of rotatable bonds is 2. The maximum atomic E-state index is 4.23. The molecule has 0 aliphatic heterocycles. The number of halogens is 1. The van der Waals surface area contributed by atoms with E-state index in [1.807, 2.05) is 24.5 Å². The summed E-state index contributed by atoms with van der Waals surface area (Å²) in [5.41, 5.74) is 0. The van der Waals surface area contributed by atoms with Crippen LogP contribution in [0.4, 0.5) is 0 Å². The molecule has 0 bridgehead atoms. The monoisotopic (exact) mass is 362 g/mol. The zero-order chi connectivity index (χ0) is 13.1. The number of hydrogen-bond donors (Lipinski definition) is 2. The predicted molar refractivity (Wildman–Crippen MR) is 82.7 cm³/mol. The summed E-state index contributed by atoms with van der Waals surface area (Å²) in [5.74, 6) is 1.69. The Kier molecular flexibility index (Phi) is 3.45. The number of nitrogens with one attached hydrogen (secondary N) is 2. The normalized spacial score (nSPS) is 13.1. The lowest BCUT2D eigenvalue weighted by molar-refractivity contribution is 1.24. The van der Waals surface area contributed by atoms with Crippen LogP contribution in [0.1, 0.15) is 11.6 Å². The standard InChI is InChI=1S/C14H11IN4/c15-12-2-1-10(8-13-16-3-4-17-13)11(7-12)9-14-18-5-6-19-14/h1-9H,(H,16,17)(H,18,19). The molecule has 2 aromatic heterocycles. The van der Waals surface area contributed by atoms with Gasteiger partial charge in [-0.25, -0.2) is 9.97 Å². The van der Waals surface area contributed by atoms with Crippen LogP contribution in [0.5, 0.6) is 0 Å². The van der Waals surface area contributed by atoms with Crippen molar-refractivity contribution in [2.24, 2.45) is 0 Å². The van der Waals surface area contributed by atoms with Gasteiger partial charge in [-0.2, -0.15) is 0 Å². The number of aromatic amines is 2. The van der Waals surface area contributed by atoms with E-state index in [1.165, 1.54) is 3.57 Å². The topological polar surface area (TPSA) is 57.4 Å². The van der Waals surface area contributed by atoms with Crippen molar-refractivity contribution >= 4 is 34.7 Å². The third-order valence-corrected chi connectivity index (χ3v) is 3.34. The molecule has 1 aromatic carbocycles. The maximum absolute atomic E-state index is 4.23. The highest BCUT2D eigenvalue weighted by Gasteiger charge is 1.94. The molecular weight excluding hydrogens is 351 g/mol. The highest BCUT2D eigenvalue weighted by Crippen LogP contribution is 1.97. The van der Waals surface area contributed by atoms with E-state index in [9.17, 15) is 0 Å². The van der Waals surface area contributed by atoms with Gasteiger partial charge >= 0.3 is 0 Å². The van der Waals surface area contributed by atoms with Gasteiger partial charge in [-0.15, -0.1) is 0 Å². The number of H-pyrrole nitrogens is 2. The molecule has 3 rings (SSSR count). The Morgan fingerprint density at radius 1 is 0.895 bits per heavy atom. The molecule has 0 aliphatic rings. The average molecular weight is 362 g/mol. The number of imidazole rings is 2. The molecular formula is C14H11IN4. The van der Waals surface area contributed by atoms with Crippen molar-refractivity contribution in [1.29, 1.82) is 0 Å². The van der Waals surface area contributed by atoms with Crippen LogP contribution in [0.15, 0.2) is 43.0 Å². The Morgan fingerprint density at radius 3 is 2.11 bits per heavy atom. The summed E-state index contributed by atoms with van der Waals surface area (Å²) in [5, 5.41) is 2.21. The Balaban J connectivity index is 2.21. The van der Waals surface area contributed by atoms with E-state index in [0.29, 0.717) is 0 Å². The molecule has 0 aliphatic carbocycles. The highest BCUT2D eigenvalue weighted by atomic mass is 127. The third kappa shape index (κ3) is 2.93. The lowest BCUT2D eigenvalue weighted by Crippen LogP contribution is -2.25. The van der Waals surface area contributed by atoms with Crippen LogP contribution in [0.25, 0.3) is 12.2 Å². The van der Waals surface area contributed by atoms with Crippen molar-refractivity contribution < 1.29 is 0 Å². The van der Waals surface area contributed by atoms with Crippen LogP contribution in [-0.2, 0) is 0 Å². The van der Waals surface area contributed by atoms with Crippen LogP contribution in [0.3, 0.4) is 0 Å². The highest BCUT2D eigenvalue weighted by molar-refractivity contribution is 14.1. The van der Waals surface area contributed by atoms with Gasteiger partial charge < -0.3 is 9.97 Å². The fourth-order valence-corrected chi connectivity index (χ4v) is 2.32. The van der Waals surface area contributed by atoms with E-state index in [2.05, 4.69) is 60.7 Å². The Labute approximate surface area is 123 Å². The van der Waals surface area contributed by atoms with Gasteiger partial charge in [0.2, 0.25) is 0 Å².